The zero-order valence-corrected chi connectivity index (χ0v) is 13.7. The van der Waals surface area contributed by atoms with E-state index in [1.807, 2.05) is 0 Å². The summed E-state index contributed by atoms with van der Waals surface area (Å²) in [5.41, 5.74) is 0. The highest BCUT2D eigenvalue weighted by atomic mass is 16.5. The van der Waals surface area contributed by atoms with Gasteiger partial charge in [-0.3, -0.25) is 4.90 Å². The van der Waals surface area contributed by atoms with Gasteiger partial charge in [-0.1, -0.05) is 0 Å². The molecule has 0 amide bonds. The fraction of sp³-hybridized carbons (Fsp3) is 1.00. The monoisotopic (exact) mass is 313 g/mol. The van der Waals surface area contributed by atoms with E-state index >= 15 is 0 Å². The molecule has 22 heavy (non-hydrogen) atoms. The fourth-order valence-corrected chi connectivity index (χ4v) is 4.13. The third-order valence-corrected chi connectivity index (χ3v) is 5.53. The molecule has 3 fully saturated rings. The van der Waals surface area contributed by atoms with Crippen molar-refractivity contribution < 1.29 is 14.9 Å². The topological polar surface area (TPSA) is 68.2 Å². The summed E-state index contributed by atoms with van der Waals surface area (Å²) in [5, 5.41) is 23.6. The lowest BCUT2D eigenvalue weighted by molar-refractivity contribution is -0.0221. The van der Waals surface area contributed by atoms with Crippen LogP contribution in [0.3, 0.4) is 0 Å². The van der Waals surface area contributed by atoms with Crippen LogP contribution in [0.25, 0.3) is 0 Å². The molecular weight excluding hydrogens is 282 g/mol. The molecule has 6 heteroatoms. The van der Waals surface area contributed by atoms with Crippen molar-refractivity contribution in [1.29, 1.82) is 0 Å². The van der Waals surface area contributed by atoms with E-state index in [9.17, 15) is 10.2 Å². The molecule has 0 bridgehead atoms. The van der Waals surface area contributed by atoms with Gasteiger partial charge in [-0.15, -0.1) is 0 Å². The molecule has 3 saturated heterocycles. The highest BCUT2D eigenvalue weighted by molar-refractivity contribution is 4.99. The van der Waals surface area contributed by atoms with E-state index in [1.165, 1.54) is 25.7 Å². The molecule has 3 rings (SSSR count). The first-order valence-electron chi connectivity index (χ1n) is 8.79. The summed E-state index contributed by atoms with van der Waals surface area (Å²) in [6.07, 6.45) is 3.70. The standard InChI is InChI=1S/C16H31N3O3/c1-18-8-4-12(5-9-18)17-10-13-15(19-6-2-3-7-19)16(21)14(11-20)22-13/h12-17,20-21H,2-11H2,1H3/t13-,14+,15+,16-/m1/s1. The van der Waals surface area contributed by atoms with E-state index in [0.29, 0.717) is 6.04 Å². The minimum Gasteiger partial charge on any atom is -0.394 e. The van der Waals surface area contributed by atoms with Crippen molar-refractivity contribution in [2.75, 3.05) is 46.4 Å². The van der Waals surface area contributed by atoms with Gasteiger partial charge in [0.15, 0.2) is 0 Å². The predicted molar refractivity (Wildman–Crippen MR) is 84.9 cm³/mol. The Balaban J connectivity index is 1.55. The van der Waals surface area contributed by atoms with E-state index in [1.54, 1.807) is 0 Å². The first kappa shape index (κ1) is 16.6. The molecule has 0 aromatic heterocycles. The average Bonchev–Trinajstić information content (AvgIpc) is 3.14. The molecule has 3 aliphatic rings. The minimum atomic E-state index is -0.576. The molecule has 3 heterocycles. The van der Waals surface area contributed by atoms with E-state index in [2.05, 4.69) is 22.2 Å². The van der Waals surface area contributed by atoms with E-state index in [4.69, 9.17) is 4.74 Å². The van der Waals surface area contributed by atoms with Crippen LogP contribution in [-0.2, 0) is 4.74 Å². The summed E-state index contributed by atoms with van der Waals surface area (Å²) < 4.78 is 5.95. The largest absolute Gasteiger partial charge is 0.394 e. The number of aliphatic hydroxyl groups excluding tert-OH is 2. The van der Waals surface area contributed by atoms with Crippen molar-refractivity contribution in [2.24, 2.45) is 0 Å². The Morgan fingerprint density at radius 1 is 1.09 bits per heavy atom. The Kier molecular flexibility index (Phi) is 5.70. The van der Waals surface area contributed by atoms with Crippen LogP contribution in [0.5, 0.6) is 0 Å². The molecular formula is C16H31N3O3. The molecule has 0 unspecified atom stereocenters. The van der Waals surface area contributed by atoms with Gasteiger partial charge >= 0.3 is 0 Å². The summed E-state index contributed by atoms with van der Waals surface area (Å²) >= 11 is 0. The highest BCUT2D eigenvalue weighted by Crippen LogP contribution is 2.28. The quantitative estimate of drug-likeness (QED) is 0.621. The smallest absolute Gasteiger partial charge is 0.109 e. The molecule has 0 aromatic rings. The summed E-state index contributed by atoms with van der Waals surface area (Å²) in [5.74, 6) is 0. The van der Waals surface area contributed by atoms with Crippen molar-refractivity contribution in [2.45, 2.75) is 56.1 Å². The summed E-state index contributed by atoms with van der Waals surface area (Å²) in [4.78, 5) is 4.71. The zero-order chi connectivity index (χ0) is 15.5. The maximum atomic E-state index is 10.5. The number of nitrogens with one attached hydrogen (secondary N) is 1. The van der Waals surface area contributed by atoms with Crippen LogP contribution in [-0.4, -0.2) is 96.8 Å². The molecule has 3 aliphatic heterocycles. The number of nitrogens with zero attached hydrogens (tertiary/aromatic N) is 2. The third kappa shape index (κ3) is 3.63. The van der Waals surface area contributed by atoms with Crippen LogP contribution in [0.2, 0.25) is 0 Å². The lowest BCUT2D eigenvalue weighted by atomic mass is 10.0. The summed E-state index contributed by atoms with van der Waals surface area (Å²) in [7, 11) is 2.17. The second-order valence-corrected chi connectivity index (χ2v) is 7.11. The second-order valence-electron chi connectivity index (χ2n) is 7.11. The van der Waals surface area contributed by atoms with E-state index < -0.39 is 12.2 Å². The van der Waals surface area contributed by atoms with Crippen molar-refractivity contribution in [3.8, 4) is 0 Å². The maximum absolute atomic E-state index is 10.5. The Morgan fingerprint density at radius 2 is 1.77 bits per heavy atom. The van der Waals surface area contributed by atoms with Gasteiger partial charge in [0.2, 0.25) is 0 Å². The van der Waals surface area contributed by atoms with Gasteiger partial charge in [-0.25, -0.2) is 0 Å². The first-order valence-corrected chi connectivity index (χ1v) is 8.79. The van der Waals surface area contributed by atoms with Crippen LogP contribution >= 0.6 is 0 Å². The summed E-state index contributed by atoms with van der Waals surface area (Å²) in [6.45, 7) is 5.02. The molecule has 0 aromatic carbocycles. The van der Waals surface area contributed by atoms with Gasteiger partial charge < -0.3 is 25.2 Å². The Hall–Kier alpha value is -0.240. The second kappa shape index (κ2) is 7.55. The molecule has 0 spiro atoms. The molecule has 4 atom stereocenters. The molecule has 0 saturated carbocycles. The van der Waals surface area contributed by atoms with Crippen LogP contribution in [0, 0.1) is 0 Å². The minimum absolute atomic E-state index is 0.0232. The van der Waals surface area contributed by atoms with E-state index in [0.717, 1.165) is 32.7 Å². The van der Waals surface area contributed by atoms with Gasteiger partial charge in [0, 0.05) is 12.6 Å². The predicted octanol–water partition coefficient (Wildman–Crippen LogP) is -0.745. The maximum Gasteiger partial charge on any atom is 0.109 e. The van der Waals surface area contributed by atoms with Gasteiger partial charge in [-0.2, -0.15) is 0 Å². The number of rotatable bonds is 5. The third-order valence-electron chi connectivity index (χ3n) is 5.53. The number of likely N-dealkylation sites (tertiary alicyclic amines) is 2. The molecule has 3 N–H and O–H groups in total. The lowest BCUT2D eigenvalue weighted by Crippen LogP contribution is -2.51. The van der Waals surface area contributed by atoms with Crippen molar-refractivity contribution in [3.63, 3.8) is 0 Å². The lowest BCUT2D eigenvalue weighted by Gasteiger charge is -2.33. The Bertz CT molecular complexity index is 344. The van der Waals surface area contributed by atoms with Gasteiger partial charge in [0.1, 0.15) is 12.2 Å². The molecule has 0 radical (unpaired) electrons. The van der Waals surface area contributed by atoms with Crippen LogP contribution in [0.4, 0.5) is 0 Å². The average molecular weight is 313 g/mol. The number of hydrogen-bond acceptors (Lipinski definition) is 6. The zero-order valence-electron chi connectivity index (χ0n) is 13.7. The number of piperidine rings is 1. The summed E-state index contributed by atoms with van der Waals surface area (Å²) in [6, 6.07) is 0.572. The van der Waals surface area contributed by atoms with Gasteiger partial charge in [-0.05, 0) is 58.9 Å². The first-order chi connectivity index (χ1) is 10.7. The Morgan fingerprint density at radius 3 is 2.41 bits per heavy atom. The van der Waals surface area contributed by atoms with Crippen LogP contribution < -0.4 is 5.32 Å². The number of ether oxygens (including phenoxy) is 1. The van der Waals surface area contributed by atoms with Crippen LogP contribution in [0.1, 0.15) is 25.7 Å². The fourth-order valence-electron chi connectivity index (χ4n) is 4.13. The highest BCUT2D eigenvalue weighted by Gasteiger charge is 2.46. The number of hydrogen-bond donors (Lipinski definition) is 3. The van der Waals surface area contributed by atoms with Gasteiger partial charge in [0.25, 0.3) is 0 Å². The normalized spacial score (nSPS) is 38.9. The van der Waals surface area contributed by atoms with E-state index in [-0.39, 0.29) is 18.8 Å². The molecule has 128 valence electrons. The number of aliphatic hydroxyl groups is 2. The van der Waals surface area contributed by atoms with Gasteiger partial charge in [0.05, 0.1) is 18.8 Å². The van der Waals surface area contributed by atoms with Crippen molar-refractivity contribution >= 4 is 0 Å². The van der Waals surface area contributed by atoms with Crippen molar-refractivity contribution in [1.82, 2.24) is 15.1 Å². The molecule has 6 nitrogen and oxygen atoms in total. The molecule has 0 aliphatic carbocycles. The Labute approximate surface area is 133 Å². The van der Waals surface area contributed by atoms with Crippen molar-refractivity contribution in [3.05, 3.63) is 0 Å². The van der Waals surface area contributed by atoms with Crippen LogP contribution in [0.15, 0.2) is 0 Å². The SMILES string of the molecule is CN1CCC(NC[C@H]2O[C@@H](CO)[C@@H](O)[C@H]2N2CCCC2)CC1.